The predicted molar refractivity (Wildman–Crippen MR) is 88.6 cm³/mol. The van der Waals surface area contributed by atoms with E-state index in [2.05, 4.69) is 23.8 Å². The second kappa shape index (κ2) is 6.91. The van der Waals surface area contributed by atoms with Crippen LogP contribution >= 0.6 is 0 Å². The second-order valence-electron chi connectivity index (χ2n) is 5.12. The summed E-state index contributed by atoms with van der Waals surface area (Å²) in [5.41, 5.74) is 1.92. The maximum atomic E-state index is 12.8. The first-order valence-electron chi connectivity index (χ1n) is 7.25. The van der Waals surface area contributed by atoms with Crippen molar-refractivity contribution in [2.75, 3.05) is 12.4 Å². The maximum absolute atomic E-state index is 12.8. The standard InChI is InChI=1S/C17H19N3O3/c1-4-11-10-12(18-3)6-7-13(11)17(23)20(5-2)14-8-9-15(21)19-16(14)22/h4-7,10,14,18H,1-2,8-9H2,3H3,(H,19,21,22). The van der Waals surface area contributed by atoms with Crippen molar-refractivity contribution in [2.24, 2.45) is 0 Å². The van der Waals surface area contributed by atoms with E-state index in [0.717, 1.165) is 5.69 Å². The minimum atomic E-state index is -0.737. The number of imide groups is 1. The van der Waals surface area contributed by atoms with Crippen molar-refractivity contribution in [1.82, 2.24) is 10.2 Å². The van der Waals surface area contributed by atoms with E-state index < -0.39 is 11.9 Å². The van der Waals surface area contributed by atoms with E-state index in [-0.39, 0.29) is 24.7 Å². The zero-order valence-electron chi connectivity index (χ0n) is 13.0. The molecule has 0 saturated carbocycles. The number of nitrogens with zero attached hydrogens (tertiary/aromatic N) is 1. The molecule has 0 bridgehead atoms. The van der Waals surface area contributed by atoms with Crippen molar-refractivity contribution in [3.63, 3.8) is 0 Å². The molecule has 2 N–H and O–H groups in total. The van der Waals surface area contributed by atoms with Gasteiger partial charge in [0, 0.05) is 30.9 Å². The molecule has 0 aromatic heterocycles. The van der Waals surface area contributed by atoms with Crippen LogP contribution in [0.15, 0.2) is 37.6 Å². The molecule has 1 aliphatic rings. The van der Waals surface area contributed by atoms with Gasteiger partial charge in [0.25, 0.3) is 5.91 Å². The normalized spacial score (nSPS) is 17.2. The van der Waals surface area contributed by atoms with Gasteiger partial charge >= 0.3 is 0 Å². The molecule has 1 fully saturated rings. The number of rotatable bonds is 5. The molecule has 2 rings (SSSR count). The van der Waals surface area contributed by atoms with Crippen molar-refractivity contribution in [2.45, 2.75) is 18.9 Å². The monoisotopic (exact) mass is 313 g/mol. The Morgan fingerprint density at radius 2 is 2.13 bits per heavy atom. The van der Waals surface area contributed by atoms with E-state index in [4.69, 9.17) is 0 Å². The summed E-state index contributed by atoms with van der Waals surface area (Å²) in [7, 11) is 1.78. The fraction of sp³-hybridized carbons (Fsp3) is 0.235. The lowest BCUT2D eigenvalue weighted by Crippen LogP contribution is -2.52. The van der Waals surface area contributed by atoms with Crippen LogP contribution in [0.4, 0.5) is 5.69 Å². The Morgan fingerprint density at radius 1 is 1.39 bits per heavy atom. The summed E-state index contributed by atoms with van der Waals surface area (Å²) in [5.74, 6) is -1.17. The molecule has 23 heavy (non-hydrogen) atoms. The summed E-state index contributed by atoms with van der Waals surface area (Å²) in [5, 5.41) is 5.24. The van der Waals surface area contributed by atoms with Crippen molar-refractivity contribution in [3.05, 3.63) is 48.7 Å². The van der Waals surface area contributed by atoms with E-state index in [1.807, 2.05) is 0 Å². The summed E-state index contributed by atoms with van der Waals surface area (Å²) in [6.45, 7) is 7.35. The Bertz CT molecular complexity index is 682. The molecule has 0 spiro atoms. The number of carbonyl (C=O) groups excluding carboxylic acids is 3. The highest BCUT2D eigenvalue weighted by Crippen LogP contribution is 2.22. The van der Waals surface area contributed by atoms with Gasteiger partial charge in [-0.2, -0.15) is 0 Å². The zero-order valence-corrected chi connectivity index (χ0v) is 13.0. The van der Waals surface area contributed by atoms with Crippen LogP contribution in [0.2, 0.25) is 0 Å². The molecule has 1 aromatic rings. The lowest BCUT2D eigenvalue weighted by Gasteiger charge is -2.30. The molecule has 1 unspecified atom stereocenters. The first kappa shape index (κ1) is 16.5. The van der Waals surface area contributed by atoms with E-state index in [0.29, 0.717) is 11.1 Å². The summed E-state index contributed by atoms with van der Waals surface area (Å²) in [4.78, 5) is 37.3. The highest BCUT2D eigenvalue weighted by atomic mass is 16.2. The van der Waals surface area contributed by atoms with E-state index in [1.54, 1.807) is 31.3 Å². The van der Waals surface area contributed by atoms with Gasteiger partial charge in [-0.25, -0.2) is 0 Å². The zero-order chi connectivity index (χ0) is 17.0. The van der Waals surface area contributed by atoms with Crippen molar-refractivity contribution in [1.29, 1.82) is 0 Å². The molecule has 120 valence electrons. The third-order valence-electron chi connectivity index (χ3n) is 3.77. The highest BCUT2D eigenvalue weighted by molar-refractivity contribution is 6.05. The summed E-state index contributed by atoms with van der Waals surface area (Å²) in [6.07, 6.45) is 3.38. The van der Waals surface area contributed by atoms with Crippen LogP contribution < -0.4 is 10.6 Å². The Kier molecular flexibility index (Phi) is 4.95. The van der Waals surface area contributed by atoms with Crippen molar-refractivity contribution < 1.29 is 14.4 Å². The summed E-state index contributed by atoms with van der Waals surface area (Å²) < 4.78 is 0. The van der Waals surface area contributed by atoms with Crippen LogP contribution in [0.5, 0.6) is 0 Å². The molecule has 1 atom stereocenters. The average molecular weight is 313 g/mol. The lowest BCUT2D eigenvalue weighted by molar-refractivity contribution is -0.136. The molecule has 3 amide bonds. The highest BCUT2D eigenvalue weighted by Gasteiger charge is 2.34. The molecule has 1 saturated heterocycles. The van der Waals surface area contributed by atoms with Gasteiger partial charge < -0.3 is 10.2 Å². The van der Waals surface area contributed by atoms with Crippen LogP contribution in [0.3, 0.4) is 0 Å². The average Bonchev–Trinajstić information content (AvgIpc) is 2.56. The van der Waals surface area contributed by atoms with Gasteiger partial charge in [0.05, 0.1) is 0 Å². The van der Waals surface area contributed by atoms with Gasteiger partial charge in [-0.3, -0.25) is 19.7 Å². The Labute approximate surface area is 134 Å². The molecule has 6 nitrogen and oxygen atoms in total. The van der Waals surface area contributed by atoms with Crippen LogP contribution in [0.25, 0.3) is 6.08 Å². The number of hydrogen-bond donors (Lipinski definition) is 2. The number of piperidine rings is 1. The lowest BCUT2D eigenvalue weighted by atomic mass is 10.0. The fourth-order valence-electron chi connectivity index (χ4n) is 2.52. The largest absolute Gasteiger partial charge is 0.388 e. The topological polar surface area (TPSA) is 78.5 Å². The molecule has 6 heteroatoms. The van der Waals surface area contributed by atoms with E-state index in [1.165, 1.54) is 11.1 Å². The molecular weight excluding hydrogens is 294 g/mol. The maximum Gasteiger partial charge on any atom is 0.259 e. The van der Waals surface area contributed by atoms with E-state index >= 15 is 0 Å². The number of anilines is 1. The van der Waals surface area contributed by atoms with Gasteiger partial charge in [0.15, 0.2) is 0 Å². The number of benzene rings is 1. The van der Waals surface area contributed by atoms with Gasteiger partial charge in [-0.05, 0) is 30.2 Å². The van der Waals surface area contributed by atoms with Crippen LogP contribution in [-0.4, -0.2) is 35.7 Å². The minimum Gasteiger partial charge on any atom is -0.388 e. The minimum absolute atomic E-state index is 0.195. The van der Waals surface area contributed by atoms with Gasteiger partial charge in [-0.1, -0.05) is 19.2 Å². The number of amides is 3. The SMILES string of the molecule is C=Cc1cc(NC)ccc1C(=O)N(C=C)C1CCC(=O)NC1=O. The molecule has 0 radical (unpaired) electrons. The van der Waals surface area contributed by atoms with Gasteiger partial charge in [0.1, 0.15) is 6.04 Å². The van der Waals surface area contributed by atoms with Crippen LogP contribution in [0.1, 0.15) is 28.8 Å². The Balaban J connectivity index is 2.33. The number of hydrogen-bond acceptors (Lipinski definition) is 4. The second-order valence-corrected chi connectivity index (χ2v) is 5.12. The molecule has 1 aromatic carbocycles. The Hall–Kier alpha value is -2.89. The molecular formula is C17H19N3O3. The fourth-order valence-corrected chi connectivity index (χ4v) is 2.52. The van der Waals surface area contributed by atoms with Gasteiger partial charge in [0.2, 0.25) is 11.8 Å². The smallest absolute Gasteiger partial charge is 0.259 e. The molecule has 1 aliphatic heterocycles. The third kappa shape index (κ3) is 3.31. The summed E-state index contributed by atoms with van der Waals surface area (Å²) in [6, 6.07) is 4.50. The van der Waals surface area contributed by atoms with Crippen LogP contribution in [0, 0.1) is 0 Å². The molecule has 0 aliphatic carbocycles. The molecule has 1 heterocycles. The first-order chi connectivity index (χ1) is 11.0. The van der Waals surface area contributed by atoms with E-state index in [9.17, 15) is 14.4 Å². The van der Waals surface area contributed by atoms with Crippen LogP contribution in [-0.2, 0) is 9.59 Å². The van der Waals surface area contributed by atoms with Crippen molar-refractivity contribution in [3.8, 4) is 0 Å². The quantitative estimate of drug-likeness (QED) is 0.812. The Morgan fingerprint density at radius 3 is 2.70 bits per heavy atom. The number of nitrogens with one attached hydrogen (secondary N) is 2. The third-order valence-corrected chi connectivity index (χ3v) is 3.77. The summed E-state index contributed by atoms with van der Waals surface area (Å²) >= 11 is 0. The predicted octanol–water partition coefficient (Wildman–Crippen LogP) is 1.76. The van der Waals surface area contributed by atoms with Gasteiger partial charge in [-0.15, -0.1) is 0 Å². The first-order valence-corrected chi connectivity index (χ1v) is 7.25. The van der Waals surface area contributed by atoms with Crippen molar-refractivity contribution >= 4 is 29.5 Å². The number of carbonyl (C=O) groups is 3.